The first-order valence-electron chi connectivity index (χ1n) is 15.3. The monoisotopic (exact) mass is 608 g/mol. The van der Waals surface area contributed by atoms with Gasteiger partial charge in [0.2, 0.25) is 0 Å². The lowest BCUT2D eigenvalue weighted by molar-refractivity contribution is -0.991. The second-order valence-electron chi connectivity index (χ2n) is 13.5. The molecular formula is C33H40N2O9. The van der Waals surface area contributed by atoms with E-state index >= 15 is 0 Å². The van der Waals surface area contributed by atoms with Gasteiger partial charge in [0.25, 0.3) is 0 Å². The molecule has 3 fully saturated rings. The van der Waals surface area contributed by atoms with Crippen molar-refractivity contribution < 1.29 is 44.7 Å². The Bertz CT molecular complexity index is 1440. The van der Waals surface area contributed by atoms with Gasteiger partial charge in [0.1, 0.15) is 11.7 Å². The van der Waals surface area contributed by atoms with E-state index in [-0.39, 0.29) is 40.3 Å². The fourth-order valence-corrected chi connectivity index (χ4v) is 8.31. The molecule has 11 heteroatoms. The lowest BCUT2D eigenvalue weighted by atomic mass is 9.48. The van der Waals surface area contributed by atoms with Crippen molar-refractivity contribution in [3.8, 4) is 0 Å². The van der Waals surface area contributed by atoms with Crippen LogP contribution in [0.2, 0.25) is 0 Å². The summed E-state index contributed by atoms with van der Waals surface area (Å²) in [5.41, 5.74) is 0.958. The SMILES string of the molecule is CC12CCC(OC(=O)c3ccc([NH+]([O-])O)cc3)CC1=CCC1C2CCC2(C)C1OCC2(C)OC(=O)c1ccc([NH+]([O-])O)cc1. The Morgan fingerprint density at radius 2 is 1.48 bits per heavy atom. The van der Waals surface area contributed by atoms with Gasteiger partial charge in [-0.1, -0.05) is 25.5 Å². The summed E-state index contributed by atoms with van der Waals surface area (Å²) in [6.45, 7) is 6.76. The van der Waals surface area contributed by atoms with Gasteiger partial charge in [0, 0.05) is 36.1 Å². The predicted molar refractivity (Wildman–Crippen MR) is 156 cm³/mol. The summed E-state index contributed by atoms with van der Waals surface area (Å²) in [5.74, 6) is -0.267. The number of nitrogens with one attached hydrogen (secondary N) is 2. The molecule has 0 amide bonds. The van der Waals surface area contributed by atoms with E-state index in [1.807, 2.05) is 6.92 Å². The fourth-order valence-electron chi connectivity index (χ4n) is 8.31. The molecule has 0 aromatic heterocycles. The van der Waals surface area contributed by atoms with Gasteiger partial charge in [-0.25, -0.2) is 20.0 Å². The Hall–Kier alpha value is -3.16. The van der Waals surface area contributed by atoms with Crippen LogP contribution >= 0.6 is 0 Å². The van der Waals surface area contributed by atoms with Gasteiger partial charge in [-0.2, -0.15) is 10.5 Å². The van der Waals surface area contributed by atoms with Gasteiger partial charge in [-0.15, -0.1) is 0 Å². The van der Waals surface area contributed by atoms with Crippen LogP contribution in [0.4, 0.5) is 11.4 Å². The van der Waals surface area contributed by atoms with Gasteiger partial charge in [0.05, 0.1) is 23.8 Å². The first kappa shape index (κ1) is 30.8. The van der Waals surface area contributed by atoms with Crippen molar-refractivity contribution >= 4 is 23.3 Å². The lowest BCUT2D eigenvalue weighted by Gasteiger charge is -2.57. The van der Waals surface area contributed by atoms with Crippen molar-refractivity contribution in [2.24, 2.45) is 22.7 Å². The van der Waals surface area contributed by atoms with Gasteiger partial charge >= 0.3 is 11.9 Å². The third-order valence-electron chi connectivity index (χ3n) is 11.2. The molecule has 4 aliphatic rings. The number of carbonyl (C=O) groups is 2. The highest BCUT2D eigenvalue weighted by atomic mass is 16.8. The molecule has 0 bridgehead atoms. The number of rotatable bonds is 6. The smallest absolute Gasteiger partial charge is 0.338 e. The van der Waals surface area contributed by atoms with Gasteiger partial charge in [0.15, 0.2) is 11.4 Å². The van der Waals surface area contributed by atoms with Crippen LogP contribution in [0.3, 0.4) is 0 Å². The van der Waals surface area contributed by atoms with E-state index in [1.54, 1.807) is 0 Å². The number of allylic oxidation sites excluding steroid dienone is 1. The van der Waals surface area contributed by atoms with Crippen LogP contribution in [0.25, 0.3) is 0 Å². The van der Waals surface area contributed by atoms with Crippen LogP contribution in [-0.4, -0.2) is 46.8 Å². The van der Waals surface area contributed by atoms with E-state index in [4.69, 9.17) is 19.4 Å². The molecule has 1 saturated heterocycles. The number of carbonyl (C=O) groups excluding carboxylic acids is 2. The van der Waals surface area contributed by atoms with E-state index in [0.717, 1.165) is 32.1 Å². The maximum atomic E-state index is 13.2. The van der Waals surface area contributed by atoms with Gasteiger partial charge < -0.3 is 24.6 Å². The largest absolute Gasteiger partial charge is 0.595 e. The molecule has 4 N–H and O–H groups in total. The minimum Gasteiger partial charge on any atom is -0.595 e. The van der Waals surface area contributed by atoms with E-state index in [1.165, 1.54) is 54.1 Å². The normalized spacial score (nSPS) is 35.8. The average Bonchev–Trinajstić information content (AvgIpc) is 3.27. The maximum absolute atomic E-state index is 13.2. The van der Waals surface area contributed by atoms with Crippen molar-refractivity contribution in [3.63, 3.8) is 0 Å². The summed E-state index contributed by atoms with van der Waals surface area (Å²) < 4.78 is 18.6. The molecule has 9 unspecified atom stereocenters. The maximum Gasteiger partial charge on any atom is 0.338 e. The molecule has 1 heterocycles. The highest BCUT2D eigenvalue weighted by Crippen LogP contribution is 2.64. The zero-order chi connectivity index (χ0) is 31.4. The first-order chi connectivity index (χ1) is 20.8. The summed E-state index contributed by atoms with van der Waals surface area (Å²) >= 11 is 0. The molecule has 0 radical (unpaired) electrons. The van der Waals surface area contributed by atoms with E-state index in [2.05, 4.69) is 19.9 Å². The van der Waals surface area contributed by atoms with Gasteiger partial charge in [-0.05, 0) is 80.5 Å². The van der Waals surface area contributed by atoms with Crippen LogP contribution in [0, 0.1) is 33.1 Å². The molecule has 2 aromatic rings. The van der Waals surface area contributed by atoms with Crippen molar-refractivity contribution in [1.29, 1.82) is 0 Å². The number of ether oxygens (including phenoxy) is 3. The number of quaternary nitrogens is 2. The zero-order valence-corrected chi connectivity index (χ0v) is 25.2. The topological polar surface area (TPSA) is 157 Å². The predicted octanol–water partition coefficient (Wildman–Crippen LogP) is 3.59. The molecule has 6 rings (SSSR count). The molecule has 236 valence electrons. The van der Waals surface area contributed by atoms with Crippen LogP contribution in [0.1, 0.15) is 80.0 Å². The molecular weight excluding hydrogens is 568 g/mol. The molecule has 2 saturated carbocycles. The Balaban J connectivity index is 1.13. The average molecular weight is 609 g/mol. The summed E-state index contributed by atoms with van der Waals surface area (Å²) in [6.07, 6.45) is 6.96. The summed E-state index contributed by atoms with van der Waals surface area (Å²) in [4.78, 5) is 26.0. The first-order valence-corrected chi connectivity index (χ1v) is 15.3. The minimum absolute atomic E-state index is 0.0405. The second-order valence-corrected chi connectivity index (χ2v) is 13.5. The molecule has 0 spiro atoms. The van der Waals surface area contributed by atoms with E-state index in [9.17, 15) is 25.2 Å². The number of hydrogen-bond acceptors (Lipinski definition) is 9. The molecule has 2 aromatic carbocycles. The standard InChI is InChI=1S/C33H40N2O9/c1-31-16-14-25(43-29(36)20-4-9-23(10-5-20)34(38)39)18-22(31)8-13-26-27(31)15-17-32(2)28(26)42-19-33(32,3)44-30(37)21-6-11-24(12-7-21)35(40)41/h4-12,25-28,34-35,38,40H,13-19H2,1-3H3. The van der Waals surface area contributed by atoms with Crippen LogP contribution in [-0.2, 0) is 14.2 Å². The summed E-state index contributed by atoms with van der Waals surface area (Å²) in [5, 5.41) is 38.5. The van der Waals surface area contributed by atoms with Crippen LogP contribution in [0.5, 0.6) is 0 Å². The Morgan fingerprint density at radius 1 is 0.886 bits per heavy atom. The highest BCUT2D eigenvalue weighted by molar-refractivity contribution is 5.90. The van der Waals surface area contributed by atoms with Crippen LogP contribution < -0.4 is 10.5 Å². The molecule has 11 nitrogen and oxygen atoms in total. The fraction of sp³-hybridized carbons (Fsp3) is 0.515. The Kier molecular flexibility index (Phi) is 7.94. The highest BCUT2D eigenvalue weighted by Gasteiger charge is 2.65. The van der Waals surface area contributed by atoms with Crippen molar-refractivity contribution in [3.05, 3.63) is 81.7 Å². The zero-order valence-electron chi connectivity index (χ0n) is 25.2. The minimum atomic E-state index is -1.05. The number of fused-ring (bicyclic) bond motifs is 5. The molecule has 3 aliphatic carbocycles. The third-order valence-corrected chi connectivity index (χ3v) is 11.2. The van der Waals surface area contributed by atoms with Gasteiger partial charge in [-0.3, -0.25) is 0 Å². The number of hydrogen-bond donors (Lipinski definition) is 4. The molecule has 9 atom stereocenters. The third kappa shape index (κ3) is 5.16. The summed E-state index contributed by atoms with van der Waals surface area (Å²) in [6, 6.07) is 11.6. The molecule has 1 aliphatic heterocycles. The van der Waals surface area contributed by atoms with Crippen molar-refractivity contribution in [2.75, 3.05) is 6.61 Å². The van der Waals surface area contributed by atoms with Crippen molar-refractivity contribution in [2.45, 2.75) is 77.1 Å². The van der Waals surface area contributed by atoms with E-state index in [0.29, 0.717) is 30.1 Å². The van der Waals surface area contributed by atoms with E-state index < -0.39 is 28.0 Å². The molecule has 44 heavy (non-hydrogen) atoms. The van der Waals surface area contributed by atoms with Crippen LogP contribution in [0.15, 0.2) is 60.2 Å². The number of esters is 2. The Morgan fingerprint density at radius 3 is 2.07 bits per heavy atom. The quantitative estimate of drug-likeness (QED) is 0.219. The Labute approximate surface area is 256 Å². The second kappa shape index (κ2) is 11.3. The number of benzene rings is 2. The lowest BCUT2D eigenvalue weighted by Crippen LogP contribution is -2.99. The summed E-state index contributed by atoms with van der Waals surface area (Å²) in [7, 11) is 0. The van der Waals surface area contributed by atoms with Crippen molar-refractivity contribution in [1.82, 2.24) is 0 Å².